The van der Waals surface area contributed by atoms with Crippen LogP contribution >= 0.6 is 0 Å². The van der Waals surface area contributed by atoms with Crippen molar-refractivity contribution < 1.29 is 9.90 Å². The maximum Gasteiger partial charge on any atom is 0.304 e. The summed E-state index contributed by atoms with van der Waals surface area (Å²) in [7, 11) is 2.03. The normalized spacial score (nSPS) is 20.0. The molecule has 4 nitrogen and oxygen atoms in total. The van der Waals surface area contributed by atoms with Crippen LogP contribution in [0.25, 0.3) is 0 Å². The van der Waals surface area contributed by atoms with Crippen molar-refractivity contribution in [2.75, 3.05) is 26.7 Å². The molecule has 0 spiro atoms. The Bertz CT molecular complexity index is 408. The van der Waals surface area contributed by atoms with Crippen molar-refractivity contribution >= 4 is 5.97 Å². The number of benzene rings is 1. The minimum absolute atomic E-state index is 0.228. The van der Waals surface area contributed by atoms with E-state index in [-0.39, 0.29) is 6.42 Å². The van der Waals surface area contributed by atoms with Gasteiger partial charge in [-0.05, 0) is 19.0 Å². The summed E-state index contributed by atoms with van der Waals surface area (Å²) in [5, 5.41) is 8.71. The van der Waals surface area contributed by atoms with Crippen LogP contribution in [0.5, 0.6) is 0 Å². The number of carboxylic acid groups (broad SMARTS) is 1. The average Bonchev–Trinajstić information content (AvgIpc) is 2.85. The first-order chi connectivity index (χ1) is 9.15. The van der Waals surface area contributed by atoms with Crippen LogP contribution < -0.4 is 0 Å². The van der Waals surface area contributed by atoms with Crippen LogP contribution in [0.15, 0.2) is 30.3 Å². The number of rotatable bonds is 6. The second kappa shape index (κ2) is 6.68. The van der Waals surface area contributed by atoms with E-state index in [1.54, 1.807) is 0 Å². The lowest BCUT2D eigenvalue weighted by atomic mass is 10.2. The summed E-state index contributed by atoms with van der Waals surface area (Å²) in [4.78, 5) is 15.2. The molecule has 1 aliphatic heterocycles. The maximum atomic E-state index is 10.6. The van der Waals surface area contributed by atoms with Crippen molar-refractivity contribution in [1.82, 2.24) is 9.80 Å². The Labute approximate surface area is 114 Å². The predicted molar refractivity (Wildman–Crippen MR) is 75.0 cm³/mol. The average molecular weight is 262 g/mol. The van der Waals surface area contributed by atoms with E-state index in [1.807, 2.05) is 13.1 Å². The van der Waals surface area contributed by atoms with E-state index >= 15 is 0 Å². The molecule has 1 aromatic carbocycles. The number of carboxylic acids is 1. The number of likely N-dealkylation sites (tertiary alicyclic amines) is 1. The fraction of sp³-hybridized carbons (Fsp3) is 0.533. The van der Waals surface area contributed by atoms with E-state index in [2.05, 4.69) is 34.1 Å². The van der Waals surface area contributed by atoms with Gasteiger partial charge in [-0.15, -0.1) is 0 Å². The van der Waals surface area contributed by atoms with Gasteiger partial charge in [-0.2, -0.15) is 0 Å². The zero-order chi connectivity index (χ0) is 13.7. The minimum Gasteiger partial charge on any atom is -0.481 e. The van der Waals surface area contributed by atoms with Crippen LogP contribution in [0.4, 0.5) is 0 Å². The number of nitrogens with zero attached hydrogens (tertiary/aromatic N) is 2. The fourth-order valence-electron chi connectivity index (χ4n) is 2.61. The maximum absolute atomic E-state index is 10.6. The van der Waals surface area contributed by atoms with Gasteiger partial charge in [0.05, 0.1) is 6.42 Å². The molecule has 1 heterocycles. The zero-order valence-electron chi connectivity index (χ0n) is 11.5. The lowest BCUT2D eigenvalue weighted by molar-refractivity contribution is -0.137. The molecule has 1 unspecified atom stereocenters. The second-order valence-corrected chi connectivity index (χ2v) is 5.29. The highest BCUT2D eigenvalue weighted by Crippen LogP contribution is 2.17. The van der Waals surface area contributed by atoms with Gasteiger partial charge < -0.3 is 10.0 Å². The van der Waals surface area contributed by atoms with E-state index in [9.17, 15) is 4.79 Å². The molecule has 0 radical (unpaired) electrons. The van der Waals surface area contributed by atoms with Crippen LogP contribution in [0.2, 0.25) is 0 Å². The highest BCUT2D eigenvalue weighted by atomic mass is 16.4. The Morgan fingerprint density at radius 3 is 2.84 bits per heavy atom. The van der Waals surface area contributed by atoms with Crippen LogP contribution in [0.1, 0.15) is 18.4 Å². The smallest absolute Gasteiger partial charge is 0.304 e. The van der Waals surface area contributed by atoms with Crippen molar-refractivity contribution in [3.05, 3.63) is 35.9 Å². The molecule has 0 amide bonds. The van der Waals surface area contributed by atoms with E-state index in [0.717, 1.165) is 26.1 Å². The van der Waals surface area contributed by atoms with Crippen LogP contribution in [0, 0.1) is 0 Å². The Morgan fingerprint density at radius 1 is 1.42 bits per heavy atom. The Balaban J connectivity index is 1.78. The van der Waals surface area contributed by atoms with Gasteiger partial charge in [0.25, 0.3) is 0 Å². The Hall–Kier alpha value is -1.39. The van der Waals surface area contributed by atoms with Crippen LogP contribution in [0.3, 0.4) is 0 Å². The number of carbonyl (C=O) groups is 1. The quantitative estimate of drug-likeness (QED) is 0.847. The highest BCUT2D eigenvalue weighted by molar-refractivity contribution is 5.66. The summed E-state index contributed by atoms with van der Waals surface area (Å²) >= 11 is 0. The molecule has 0 aromatic heterocycles. The van der Waals surface area contributed by atoms with Gasteiger partial charge in [-0.25, -0.2) is 0 Å². The van der Waals surface area contributed by atoms with Crippen molar-refractivity contribution in [2.24, 2.45) is 0 Å². The molecule has 1 N–H and O–H groups in total. The SMILES string of the molecule is CN(CCC(=O)O)C1CCN(Cc2ccccc2)C1. The third kappa shape index (κ3) is 4.33. The van der Waals surface area contributed by atoms with E-state index < -0.39 is 5.97 Å². The summed E-state index contributed by atoms with van der Waals surface area (Å²) in [6, 6.07) is 11.0. The molecule has 0 aliphatic carbocycles. The first kappa shape index (κ1) is 14.0. The number of aliphatic carboxylic acids is 1. The lowest BCUT2D eigenvalue weighted by Crippen LogP contribution is -2.35. The topological polar surface area (TPSA) is 43.8 Å². The summed E-state index contributed by atoms with van der Waals surface area (Å²) in [6.45, 7) is 3.76. The zero-order valence-corrected chi connectivity index (χ0v) is 11.5. The molecule has 1 fully saturated rings. The molecule has 1 saturated heterocycles. The largest absolute Gasteiger partial charge is 0.481 e. The van der Waals surface area contributed by atoms with Gasteiger partial charge in [-0.3, -0.25) is 9.69 Å². The molecule has 19 heavy (non-hydrogen) atoms. The highest BCUT2D eigenvalue weighted by Gasteiger charge is 2.25. The molecular formula is C15H22N2O2. The molecule has 104 valence electrons. The third-order valence-corrected chi connectivity index (χ3v) is 3.80. The monoisotopic (exact) mass is 262 g/mol. The van der Waals surface area contributed by atoms with Crippen molar-refractivity contribution in [1.29, 1.82) is 0 Å². The molecule has 1 atom stereocenters. The third-order valence-electron chi connectivity index (χ3n) is 3.80. The number of hydrogen-bond acceptors (Lipinski definition) is 3. The molecule has 0 bridgehead atoms. The van der Waals surface area contributed by atoms with Crippen LogP contribution in [-0.2, 0) is 11.3 Å². The summed E-state index contributed by atoms with van der Waals surface area (Å²) < 4.78 is 0. The van der Waals surface area contributed by atoms with Gasteiger partial charge in [0.2, 0.25) is 0 Å². The van der Waals surface area contributed by atoms with E-state index in [1.165, 1.54) is 5.56 Å². The molecular weight excluding hydrogens is 240 g/mol. The van der Waals surface area contributed by atoms with Gasteiger partial charge in [0.1, 0.15) is 0 Å². The molecule has 4 heteroatoms. The number of hydrogen-bond donors (Lipinski definition) is 1. The summed E-state index contributed by atoms with van der Waals surface area (Å²) in [6.07, 6.45) is 1.36. The summed E-state index contributed by atoms with van der Waals surface area (Å²) in [5.74, 6) is -0.717. The second-order valence-electron chi connectivity index (χ2n) is 5.29. The molecule has 2 rings (SSSR count). The minimum atomic E-state index is -0.717. The van der Waals surface area contributed by atoms with E-state index in [4.69, 9.17) is 5.11 Å². The fourth-order valence-corrected chi connectivity index (χ4v) is 2.61. The van der Waals surface area contributed by atoms with Crippen molar-refractivity contribution in [2.45, 2.75) is 25.4 Å². The Kier molecular flexibility index (Phi) is 4.93. The van der Waals surface area contributed by atoms with Gasteiger partial charge in [0.15, 0.2) is 0 Å². The van der Waals surface area contributed by atoms with Gasteiger partial charge in [0, 0.05) is 32.2 Å². The lowest BCUT2D eigenvalue weighted by Gasteiger charge is -2.24. The predicted octanol–water partition coefficient (Wildman–Crippen LogP) is 1.67. The van der Waals surface area contributed by atoms with Crippen LogP contribution in [-0.4, -0.2) is 53.6 Å². The van der Waals surface area contributed by atoms with Crippen molar-refractivity contribution in [3.8, 4) is 0 Å². The molecule has 0 saturated carbocycles. The van der Waals surface area contributed by atoms with Gasteiger partial charge >= 0.3 is 5.97 Å². The number of likely N-dealkylation sites (N-methyl/N-ethyl adjacent to an activating group) is 1. The first-order valence-corrected chi connectivity index (χ1v) is 6.83. The standard InChI is InChI=1S/C15H22N2O2/c1-16(9-8-15(18)19)14-7-10-17(12-14)11-13-5-3-2-4-6-13/h2-6,14H,7-12H2,1H3,(H,18,19). The van der Waals surface area contributed by atoms with Crippen molar-refractivity contribution in [3.63, 3.8) is 0 Å². The Morgan fingerprint density at radius 2 is 2.16 bits per heavy atom. The van der Waals surface area contributed by atoms with E-state index in [0.29, 0.717) is 12.6 Å². The first-order valence-electron chi connectivity index (χ1n) is 6.83. The molecule has 1 aromatic rings. The van der Waals surface area contributed by atoms with Gasteiger partial charge in [-0.1, -0.05) is 30.3 Å². The summed E-state index contributed by atoms with van der Waals surface area (Å²) in [5.41, 5.74) is 1.34. The molecule has 1 aliphatic rings.